The Morgan fingerprint density at radius 3 is 2.72 bits per heavy atom. The Hall–Kier alpha value is -1.79. The molecule has 3 rings (SSSR count). The van der Waals surface area contributed by atoms with Crippen LogP contribution in [0, 0.1) is 12.8 Å². The van der Waals surface area contributed by atoms with Gasteiger partial charge >= 0.3 is 5.97 Å². The highest BCUT2D eigenvalue weighted by atomic mass is 32.1. The lowest BCUT2D eigenvalue weighted by Crippen LogP contribution is -2.38. The van der Waals surface area contributed by atoms with E-state index in [-0.39, 0.29) is 24.2 Å². The van der Waals surface area contributed by atoms with E-state index in [4.69, 9.17) is 9.47 Å². The summed E-state index contributed by atoms with van der Waals surface area (Å²) in [4.78, 5) is 32.2. The highest BCUT2D eigenvalue weighted by Crippen LogP contribution is 2.44. The summed E-state index contributed by atoms with van der Waals surface area (Å²) < 4.78 is 10.3. The third kappa shape index (κ3) is 3.60. The maximum atomic E-state index is 12.7. The number of hydrogen-bond acceptors (Lipinski definition) is 6. The Kier molecular flexibility index (Phi) is 5.49. The van der Waals surface area contributed by atoms with Crippen LogP contribution < -0.4 is 0 Å². The molecule has 1 aromatic heterocycles. The lowest BCUT2D eigenvalue weighted by molar-refractivity contribution is -0.140. The monoisotopic (exact) mass is 361 g/mol. The minimum Gasteiger partial charge on any atom is -0.460 e. The van der Waals surface area contributed by atoms with Crippen LogP contribution in [0.15, 0.2) is 28.4 Å². The number of esters is 1. The number of carbonyl (C=O) groups is 2. The van der Waals surface area contributed by atoms with Crippen molar-refractivity contribution < 1.29 is 19.1 Å². The average Bonchev–Trinajstić information content (AvgIpc) is 3.00. The summed E-state index contributed by atoms with van der Waals surface area (Å²) in [7, 11) is 1.56. The predicted octanol–water partition coefficient (Wildman–Crippen LogP) is 3.43. The fourth-order valence-electron chi connectivity index (χ4n) is 3.61. The van der Waals surface area contributed by atoms with Gasteiger partial charge in [-0.25, -0.2) is 4.79 Å². The van der Waals surface area contributed by atoms with Crippen LogP contribution in [0.25, 0.3) is 0 Å². The van der Waals surface area contributed by atoms with Gasteiger partial charge in [0.1, 0.15) is 12.4 Å². The lowest BCUT2D eigenvalue weighted by atomic mass is 9.71. The molecule has 134 valence electrons. The molecule has 1 aliphatic heterocycles. The van der Waals surface area contributed by atoms with E-state index in [9.17, 15) is 9.59 Å². The molecular weight excluding hydrogens is 338 g/mol. The van der Waals surface area contributed by atoms with E-state index < -0.39 is 5.97 Å². The molecule has 2 atom stereocenters. The first-order valence-corrected chi connectivity index (χ1v) is 9.38. The first-order chi connectivity index (χ1) is 12.0. The number of Topliss-reactive ketones (excluding diaryl/α,β-unsaturated/α-hetero) is 1. The minimum atomic E-state index is -0.397. The number of allylic oxidation sites excluding steroid dienone is 1. The summed E-state index contributed by atoms with van der Waals surface area (Å²) in [6.45, 7) is 4.40. The predicted molar refractivity (Wildman–Crippen MR) is 97.1 cm³/mol. The number of ketones is 1. The van der Waals surface area contributed by atoms with Gasteiger partial charge in [0.2, 0.25) is 0 Å². The second-order valence-corrected chi connectivity index (χ2v) is 7.77. The fourth-order valence-corrected chi connectivity index (χ4v) is 4.63. The van der Waals surface area contributed by atoms with E-state index in [2.05, 4.69) is 4.99 Å². The van der Waals surface area contributed by atoms with E-state index in [0.29, 0.717) is 24.3 Å². The number of thiophene rings is 1. The minimum absolute atomic E-state index is 0.177. The Bertz CT molecular complexity index is 746. The lowest BCUT2D eigenvalue weighted by Gasteiger charge is -2.34. The van der Waals surface area contributed by atoms with E-state index in [1.807, 2.05) is 26.0 Å². The van der Waals surface area contributed by atoms with Crippen LogP contribution >= 0.6 is 11.3 Å². The fraction of sp³-hybridized carbons (Fsp3) is 0.526. The number of methoxy groups -OCH3 is 1. The topological polar surface area (TPSA) is 65.0 Å². The van der Waals surface area contributed by atoms with Crippen molar-refractivity contribution in [3.63, 3.8) is 0 Å². The molecule has 25 heavy (non-hydrogen) atoms. The van der Waals surface area contributed by atoms with Crippen molar-refractivity contribution in [2.24, 2.45) is 10.9 Å². The van der Waals surface area contributed by atoms with Crippen LogP contribution in [-0.4, -0.2) is 37.8 Å². The van der Waals surface area contributed by atoms with Gasteiger partial charge in [-0.2, -0.15) is 0 Å². The number of fused-ring (bicyclic) bond motifs is 1. The summed E-state index contributed by atoms with van der Waals surface area (Å²) >= 11 is 1.63. The molecule has 2 aliphatic rings. The zero-order valence-electron chi connectivity index (χ0n) is 14.8. The number of aryl methyl sites for hydroxylation is 1. The number of rotatable bonds is 5. The molecule has 0 radical (unpaired) electrons. The number of carbonyl (C=O) groups excluding carboxylic acids is 2. The molecule has 0 spiro atoms. The summed E-state index contributed by atoms with van der Waals surface area (Å²) in [5.41, 5.74) is 2.10. The third-order valence-corrected chi connectivity index (χ3v) is 5.80. The van der Waals surface area contributed by atoms with Crippen LogP contribution in [0.5, 0.6) is 0 Å². The van der Waals surface area contributed by atoms with Crippen molar-refractivity contribution in [3.05, 3.63) is 33.2 Å². The van der Waals surface area contributed by atoms with Crippen LogP contribution in [0.4, 0.5) is 0 Å². The molecular formula is C19H23NO4S. The number of nitrogens with zero attached hydrogens (tertiary/aromatic N) is 1. The summed E-state index contributed by atoms with van der Waals surface area (Å²) in [6.07, 6.45) is 2.21. The maximum Gasteiger partial charge on any atom is 0.336 e. The smallest absolute Gasteiger partial charge is 0.336 e. The van der Waals surface area contributed by atoms with Gasteiger partial charge in [-0.3, -0.25) is 9.79 Å². The normalized spacial score (nSPS) is 23.3. The van der Waals surface area contributed by atoms with E-state index in [1.54, 1.807) is 18.4 Å². The summed E-state index contributed by atoms with van der Waals surface area (Å²) in [6, 6.07) is 4.05. The van der Waals surface area contributed by atoms with Crippen molar-refractivity contribution in [1.82, 2.24) is 0 Å². The van der Waals surface area contributed by atoms with Gasteiger partial charge in [0.25, 0.3) is 0 Å². The quantitative estimate of drug-likeness (QED) is 0.595. The second kappa shape index (κ2) is 7.62. The van der Waals surface area contributed by atoms with Gasteiger partial charge in [0.15, 0.2) is 0 Å². The van der Waals surface area contributed by atoms with Gasteiger partial charge in [-0.05, 0) is 38.8 Å². The number of hydrogen-bond donors (Lipinski definition) is 0. The molecule has 0 aromatic carbocycles. The van der Waals surface area contributed by atoms with Crippen molar-refractivity contribution in [2.75, 3.05) is 20.3 Å². The molecule has 1 aromatic rings. The molecule has 5 nitrogen and oxygen atoms in total. The largest absolute Gasteiger partial charge is 0.460 e. The first-order valence-electron chi connectivity index (χ1n) is 8.56. The highest BCUT2D eigenvalue weighted by molar-refractivity contribution is 7.12. The van der Waals surface area contributed by atoms with Gasteiger partial charge in [-0.1, -0.05) is 0 Å². The molecule has 1 unspecified atom stereocenters. The van der Waals surface area contributed by atoms with Gasteiger partial charge in [0.05, 0.1) is 18.1 Å². The average molecular weight is 361 g/mol. The zero-order valence-corrected chi connectivity index (χ0v) is 15.6. The van der Waals surface area contributed by atoms with Crippen LogP contribution in [0.2, 0.25) is 0 Å². The Morgan fingerprint density at radius 1 is 1.24 bits per heavy atom. The van der Waals surface area contributed by atoms with Crippen LogP contribution in [0.3, 0.4) is 0 Å². The molecule has 0 saturated heterocycles. The molecule has 1 saturated carbocycles. The molecule has 2 heterocycles. The van der Waals surface area contributed by atoms with Crippen molar-refractivity contribution >= 4 is 28.8 Å². The van der Waals surface area contributed by atoms with Crippen molar-refractivity contribution in [2.45, 2.75) is 39.0 Å². The van der Waals surface area contributed by atoms with Crippen LogP contribution in [0.1, 0.15) is 41.9 Å². The standard InChI is InChI=1S/C19H23NO4S/c1-11-7-8-15(25-11)18-16(19(22)24-10-9-23-3)12(2)20-13-5-4-6-14(21)17(13)18/h7-8,17-18H,4-6,9-10H2,1-3H3/t17?,18-/m1/s1. The Balaban J connectivity index is 2.02. The summed E-state index contributed by atoms with van der Waals surface area (Å²) in [5, 5.41) is 0. The van der Waals surface area contributed by atoms with Crippen LogP contribution in [-0.2, 0) is 19.1 Å². The molecule has 0 N–H and O–H groups in total. The zero-order chi connectivity index (χ0) is 18.0. The van der Waals surface area contributed by atoms with Gasteiger partial charge in [0, 0.05) is 40.6 Å². The molecule has 0 bridgehead atoms. The van der Waals surface area contributed by atoms with E-state index in [0.717, 1.165) is 28.3 Å². The number of aliphatic imine (C=N–C) groups is 1. The first kappa shape index (κ1) is 18.0. The highest BCUT2D eigenvalue weighted by Gasteiger charge is 2.44. The molecule has 1 fully saturated rings. The van der Waals surface area contributed by atoms with Crippen molar-refractivity contribution in [1.29, 1.82) is 0 Å². The third-order valence-electron chi connectivity index (χ3n) is 4.72. The number of ether oxygens (including phenoxy) is 2. The Morgan fingerprint density at radius 2 is 2.04 bits per heavy atom. The summed E-state index contributed by atoms with van der Waals surface area (Å²) in [5.74, 6) is -0.836. The van der Waals surface area contributed by atoms with E-state index >= 15 is 0 Å². The van der Waals surface area contributed by atoms with Crippen molar-refractivity contribution in [3.8, 4) is 0 Å². The molecule has 6 heteroatoms. The van der Waals surface area contributed by atoms with E-state index in [1.165, 1.54) is 0 Å². The SMILES string of the molecule is COCCOC(=O)C1=C(C)N=C2CCCC(=O)C2[C@@H]1c1ccc(C)s1. The van der Waals surface area contributed by atoms with Gasteiger partial charge in [-0.15, -0.1) is 11.3 Å². The second-order valence-electron chi connectivity index (χ2n) is 6.45. The Labute approximate surface area is 151 Å². The molecule has 0 amide bonds. The van der Waals surface area contributed by atoms with Gasteiger partial charge < -0.3 is 9.47 Å². The maximum absolute atomic E-state index is 12.7. The molecule has 1 aliphatic carbocycles.